The SMILES string of the molecule is c1ccc2c(c1)Oc1cccc3cnnc-2c13. The van der Waals surface area contributed by atoms with Gasteiger partial charge in [-0.3, -0.25) is 0 Å². The Bertz CT molecular complexity index is 732. The fraction of sp³-hybridized carbons (Fsp3) is 0. The van der Waals surface area contributed by atoms with Crippen LogP contribution in [0, 0.1) is 0 Å². The van der Waals surface area contributed by atoms with E-state index in [1.54, 1.807) is 6.20 Å². The molecule has 0 saturated carbocycles. The molecule has 0 amide bonds. The Balaban J connectivity index is 2.22. The molecule has 0 saturated heterocycles. The molecule has 17 heavy (non-hydrogen) atoms. The summed E-state index contributed by atoms with van der Waals surface area (Å²) < 4.78 is 5.88. The molecule has 4 rings (SSSR count). The lowest BCUT2D eigenvalue weighted by atomic mass is 10.0. The van der Waals surface area contributed by atoms with Crippen LogP contribution in [0.1, 0.15) is 0 Å². The predicted octanol–water partition coefficient (Wildman–Crippen LogP) is 3.40. The van der Waals surface area contributed by atoms with Gasteiger partial charge in [-0.1, -0.05) is 24.3 Å². The number of fused-ring (bicyclic) bond motifs is 2. The zero-order chi connectivity index (χ0) is 11.2. The zero-order valence-corrected chi connectivity index (χ0v) is 8.92. The summed E-state index contributed by atoms with van der Waals surface area (Å²) >= 11 is 0. The molecule has 0 spiro atoms. The van der Waals surface area contributed by atoms with E-state index in [1.165, 1.54) is 0 Å². The minimum absolute atomic E-state index is 0.841. The van der Waals surface area contributed by atoms with Crippen LogP contribution in [-0.2, 0) is 0 Å². The van der Waals surface area contributed by atoms with E-state index in [2.05, 4.69) is 10.2 Å². The molecule has 3 nitrogen and oxygen atoms in total. The van der Waals surface area contributed by atoms with Crippen molar-refractivity contribution in [1.82, 2.24) is 10.2 Å². The molecule has 0 aliphatic carbocycles. The van der Waals surface area contributed by atoms with Crippen molar-refractivity contribution >= 4 is 10.8 Å². The van der Waals surface area contributed by atoms with E-state index in [-0.39, 0.29) is 0 Å². The van der Waals surface area contributed by atoms with Crippen molar-refractivity contribution in [3.63, 3.8) is 0 Å². The van der Waals surface area contributed by atoms with Gasteiger partial charge in [0, 0.05) is 10.9 Å². The fourth-order valence-corrected chi connectivity index (χ4v) is 2.25. The number of para-hydroxylation sites is 1. The molecule has 0 unspecified atom stereocenters. The van der Waals surface area contributed by atoms with Crippen molar-refractivity contribution in [2.45, 2.75) is 0 Å². The summed E-state index contributed by atoms with van der Waals surface area (Å²) in [6.07, 6.45) is 1.76. The van der Waals surface area contributed by atoms with Crippen molar-refractivity contribution in [2.24, 2.45) is 0 Å². The maximum atomic E-state index is 5.88. The molecule has 3 heteroatoms. The second kappa shape index (κ2) is 3.04. The second-order valence-corrected chi connectivity index (χ2v) is 4.01. The Labute approximate surface area is 97.7 Å². The monoisotopic (exact) mass is 220 g/mol. The third-order valence-electron chi connectivity index (χ3n) is 3.01. The minimum Gasteiger partial charge on any atom is -0.456 e. The maximum absolute atomic E-state index is 5.88. The third-order valence-corrected chi connectivity index (χ3v) is 3.01. The van der Waals surface area contributed by atoms with Crippen LogP contribution in [0.4, 0.5) is 0 Å². The average Bonchev–Trinajstić information content (AvgIpc) is 2.39. The first kappa shape index (κ1) is 8.70. The van der Waals surface area contributed by atoms with Gasteiger partial charge in [0.05, 0.1) is 11.6 Å². The van der Waals surface area contributed by atoms with Gasteiger partial charge in [0.15, 0.2) is 0 Å². The quantitative estimate of drug-likeness (QED) is 0.455. The van der Waals surface area contributed by atoms with E-state index in [1.807, 2.05) is 42.5 Å². The van der Waals surface area contributed by atoms with Crippen molar-refractivity contribution in [3.05, 3.63) is 48.7 Å². The van der Waals surface area contributed by atoms with Gasteiger partial charge in [-0.15, -0.1) is 5.10 Å². The van der Waals surface area contributed by atoms with E-state index in [0.717, 1.165) is 33.5 Å². The van der Waals surface area contributed by atoms with E-state index < -0.39 is 0 Å². The summed E-state index contributed by atoms with van der Waals surface area (Å²) in [4.78, 5) is 0. The fourth-order valence-electron chi connectivity index (χ4n) is 2.25. The van der Waals surface area contributed by atoms with E-state index in [0.29, 0.717) is 0 Å². The Morgan fingerprint density at radius 1 is 0.882 bits per heavy atom. The highest BCUT2D eigenvalue weighted by Gasteiger charge is 2.20. The lowest BCUT2D eigenvalue weighted by Crippen LogP contribution is -1.99. The summed E-state index contributed by atoms with van der Waals surface area (Å²) in [6, 6.07) is 13.9. The van der Waals surface area contributed by atoms with Crippen LogP contribution >= 0.6 is 0 Å². The normalized spacial score (nSPS) is 12.0. The molecule has 0 fully saturated rings. The van der Waals surface area contributed by atoms with Gasteiger partial charge in [-0.2, -0.15) is 5.10 Å². The van der Waals surface area contributed by atoms with Gasteiger partial charge >= 0.3 is 0 Å². The van der Waals surface area contributed by atoms with E-state index >= 15 is 0 Å². The van der Waals surface area contributed by atoms with Crippen molar-refractivity contribution in [2.75, 3.05) is 0 Å². The number of hydrogen-bond donors (Lipinski definition) is 0. The van der Waals surface area contributed by atoms with E-state index in [4.69, 9.17) is 4.74 Å². The van der Waals surface area contributed by atoms with E-state index in [9.17, 15) is 0 Å². The molecule has 0 N–H and O–H groups in total. The summed E-state index contributed by atoms with van der Waals surface area (Å²) in [6.45, 7) is 0. The van der Waals surface area contributed by atoms with Crippen molar-refractivity contribution < 1.29 is 4.74 Å². The summed E-state index contributed by atoms with van der Waals surface area (Å²) in [5.74, 6) is 1.69. The molecule has 3 aromatic rings. The lowest BCUT2D eigenvalue weighted by Gasteiger charge is -2.19. The summed E-state index contributed by atoms with van der Waals surface area (Å²) in [7, 11) is 0. The van der Waals surface area contributed by atoms with Crippen LogP contribution in [0.5, 0.6) is 11.5 Å². The zero-order valence-electron chi connectivity index (χ0n) is 8.92. The van der Waals surface area contributed by atoms with Gasteiger partial charge < -0.3 is 4.74 Å². The number of aromatic nitrogens is 2. The summed E-state index contributed by atoms with van der Waals surface area (Å²) in [5.41, 5.74) is 1.91. The molecule has 2 heterocycles. The molecular weight excluding hydrogens is 212 g/mol. The van der Waals surface area contributed by atoms with Crippen LogP contribution < -0.4 is 4.74 Å². The first-order valence-electron chi connectivity index (χ1n) is 5.45. The molecule has 0 radical (unpaired) electrons. The number of ether oxygens (including phenoxy) is 1. The van der Waals surface area contributed by atoms with Crippen LogP contribution in [0.2, 0.25) is 0 Å². The number of benzene rings is 2. The smallest absolute Gasteiger partial charge is 0.137 e. The van der Waals surface area contributed by atoms with Crippen LogP contribution in [0.15, 0.2) is 48.7 Å². The third kappa shape index (κ3) is 1.11. The highest BCUT2D eigenvalue weighted by molar-refractivity contribution is 6.01. The summed E-state index contributed by atoms with van der Waals surface area (Å²) in [5, 5.41) is 10.4. The lowest BCUT2D eigenvalue weighted by molar-refractivity contribution is 0.486. The van der Waals surface area contributed by atoms with Crippen LogP contribution in [-0.4, -0.2) is 10.2 Å². The van der Waals surface area contributed by atoms with Crippen molar-refractivity contribution in [1.29, 1.82) is 0 Å². The first-order chi connectivity index (χ1) is 8.43. The van der Waals surface area contributed by atoms with Gasteiger partial charge in [0.2, 0.25) is 0 Å². The second-order valence-electron chi connectivity index (χ2n) is 4.01. The predicted molar refractivity (Wildman–Crippen MR) is 65.0 cm³/mol. The topological polar surface area (TPSA) is 35.0 Å². The van der Waals surface area contributed by atoms with Crippen LogP contribution in [0.25, 0.3) is 22.0 Å². The minimum atomic E-state index is 0.841. The molecule has 1 aliphatic heterocycles. The first-order valence-corrected chi connectivity index (χ1v) is 5.45. The molecular formula is C14H8N2O. The molecule has 1 aliphatic rings. The number of rotatable bonds is 0. The number of hydrogen-bond acceptors (Lipinski definition) is 3. The highest BCUT2D eigenvalue weighted by atomic mass is 16.5. The molecule has 2 aromatic carbocycles. The highest BCUT2D eigenvalue weighted by Crippen LogP contribution is 2.44. The molecule has 80 valence electrons. The standard InChI is InChI=1S/C14H8N2O/c1-2-6-11-10(5-1)14-13-9(8-15-16-14)4-3-7-12(13)17-11/h1-8H. The molecule has 1 aromatic heterocycles. The number of nitrogens with zero attached hydrogens (tertiary/aromatic N) is 2. The Kier molecular flexibility index (Phi) is 1.56. The molecule has 0 bridgehead atoms. The van der Waals surface area contributed by atoms with Crippen LogP contribution in [0.3, 0.4) is 0 Å². The largest absolute Gasteiger partial charge is 0.456 e. The Morgan fingerprint density at radius 2 is 1.76 bits per heavy atom. The maximum Gasteiger partial charge on any atom is 0.137 e. The van der Waals surface area contributed by atoms with Gasteiger partial charge in [0.25, 0.3) is 0 Å². The Hall–Kier alpha value is -2.42. The van der Waals surface area contributed by atoms with Gasteiger partial charge in [-0.25, -0.2) is 0 Å². The Morgan fingerprint density at radius 3 is 2.76 bits per heavy atom. The molecule has 0 atom stereocenters. The van der Waals surface area contributed by atoms with Gasteiger partial charge in [0.1, 0.15) is 17.2 Å². The van der Waals surface area contributed by atoms with Gasteiger partial charge in [-0.05, 0) is 18.2 Å². The van der Waals surface area contributed by atoms with Crippen molar-refractivity contribution in [3.8, 4) is 22.8 Å². The average molecular weight is 220 g/mol.